The lowest BCUT2D eigenvalue weighted by Crippen LogP contribution is -2.43. The topological polar surface area (TPSA) is 75.8 Å². The molecule has 0 bridgehead atoms. The van der Waals surface area contributed by atoms with Crippen LogP contribution in [-0.4, -0.2) is 41.0 Å². The molecule has 0 amide bonds. The predicted molar refractivity (Wildman–Crippen MR) is 126 cm³/mol. The number of hydrogen-bond donors (Lipinski definition) is 2. The van der Waals surface area contributed by atoms with Crippen LogP contribution in [-0.2, 0) is 17.8 Å². The Bertz CT molecular complexity index is 1180. The Kier molecular flexibility index (Phi) is 5.96. The fourth-order valence-corrected chi connectivity index (χ4v) is 4.31. The molecule has 32 heavy (non-hydrogen) atoms. The second kappa shape index (κ2) is 9.18. The number of H-pyrrole nitrogens is 1. The van der Waals surface area contributed by atoms with Gasteiger partial charge in [0.25, 0.3) is 5.56 Å². The number of nitrogens with zero attached hydrogens (tertiary/aromatic N) is 1. The highest BCUT2D eigenvalue weighted by atomic mass is 32.1. The zero-order valence-corrected chi connectivity index (χ0v) is 18.5. The Morgan fingerprint density at radius 2 is 1.97 bits per heavy atom. The third-order valence-electron chi connectivity index (χ3n) is 5.80. The van der Waals surface area contributed by atoms with Crippen molar-refractivity contribution >= 4 is 28.2 Å². The minimum Gasteiger partial charge on any atom is -0.454 e. The fourth-order valence-electron chi connectivity index (χ4n) is 4.10. The van der Waals surface area contributed by atoms with Gasteiger partial charge in [-0.05, 0) is 42.8 Å². The van der Waals surface area contributed by atoms with Gasteiger partial charge in [0.1, 0.15) is 0 Å². The summed E-state index contributed by atoms with van der Waals surface area (Å²) < 4.78 is 16.7. The maximum absolute atomic E-state index is 12.9. The van der Waals surface area contributed by atoms with E-state index in [2.05, 4.69) is 22.4 Å². The molecule has 2 aliphatic heterocycles. The molecular formula is C24H25N3O4S. The molecule has 8 heteroatoms. The first-order valence-corrected chi connectivity index (χ1v) is 11.2. The van der Waals surface area contributed by atoms with E-state index in [1.165, 1.54) is 0 Å². The number of hydrogen-bond acceptors (Lipinski definition) is 5. The van der Waals surface area contributed by atoms with Gasteiger partial charge in [-0.3, -0.25) is 4.79 Å². The highest BCUT2D eigenvalue weighted by Gasteiger charge is 2.22. The largest absolute Gasteiger partial charge is 0.454 e. The smallest absolute Gasteiger partial charge is 0.253 e. The van der Waals surface area contributed by atoms with Gasteiger partial charge >= 0.3 is 0 Å². The number of pyridine rings is 1. The van der Waals surface area contributed by atoms with Crippen LogP contribution in [0.2, 0.25) is 0 Å². The van der Waals surface area contributed by atoms with Gasteiger partial charge < -0.3 is 29.4 Å². The van der Waals surface area contributed by atoms with Crippen LogP contribution in [0.25, 0.3) is 10.9 Å². The summed E-state index contributed by atoms with van der Waals surface area (Å²) in [6.45, 7) is 2.62. The summed E-state index contributed by atoms with van der Waals surface area (Å²) in [5, 5.41) is 4.84. The summed E-state index contributed by atoms with van der Waals surface area (Å²) in [5.41, 5.74) is 2.36. The second-order valence-electron chi connectivity index (χ2n) is 8.08. The summed E-state index contributed by atoms with van der Waals surface area (Å²) in [6, 6.07) is 15.7. The van der Waals surface area contributed by atoms with Crippen LogP contribution in [0.5, 0.6) is 11.5 Å². The minimum atomic E-state index is -0.139. The van der Waals surface area contributed by atoms with E-state index in [-0.39, 0.29) is 18.5 Å². The highest BCUT2D eigenvalue weighted by molar-refractivity contribution is 7.80. The summed E-state index contributed by atoms with van der Waals surface area (Å²) in [6.07, 6.45) is 2.15. The number of aromatic nitrogens is 1. The Hall–Kier alpha value is -3.10. The zero-order chi connectivity index (χ0) is 21.9. The number of fused-ring (bicyclic) bond motifs is 2. The number of benzene rings is 2. The number of rotatable bonds is 6. The van der Waals surface area contributed by atoms with Crippen LogP contribution in [0.1, 0.15) is 24.0 Å². The summed E-state index contributed by atoms with van der Waals surface area (Å²) in [5.74, 6) is 1.33. The van der Waals surface area contributed by atoms with Crippen LogP contribution < -0.4 is 20.3 Å². The van der Waals surface area contributed by atoms with Crippen LogP contribution in [0.4, 0.5) is 0 Å². The molecule has 0 saturated carbocycles. The molecule has 1 fully saturated rings. The molecule has 1 saturated heterocycles. The van der Waals surface area contributed by atoms with Crippen LogP contribution in [0.15, 0.2) is 53.3 Å². The van der Waals surface area contributed by atoms with Gasteiger partial charge in [0.15, 0.2) is 16.6 Å². The number of ether oxygens (including phenoxy) is 3. The van der Waals surface area contributed by atoms with Gasteiger partial charge in [-0.15, -0.1) is 0 Å². The first kappa shape index (κ1) is 20.8. The SMILES string of the molecule is O=c1[nH]c2cc3c(cc2cc1CN(C[C@@H]1CCCO1)C(=S)NCc1ccccc1)OCO3. The molecule has 2 N–H and O–H groups in total. The first-order chi connectivity index (χ1) is 15.7. The van der Waals surface area contributed by atoms with Gasteiger partial charge in [0.05, 0.1) is 18.2 Å². The Balaban J connectivity index is 1.37. The van der Waals surface area contributed by atoms with Crippen molar-refractivity contribution < 1.29 is 14.2 Å². The molecule has 1 atom stereocenters. The maximum Gasteiger partial charge on any atom is 0.253 e. The molecule has 0 radical (unpaired) electrons. The van der Waals surface area contributed by atoms with E-state index in [0.717, 1.165) is 35.9 Å². The molecule has 1 aromatic heterocycles. The molecule has 2 aromatic carbocycles. The predicted octanol–water partition coefficient (Wildman–Crippen LogP) is 3.31. The Morgan fingerprint density at radius 1 is 1.16 bits per heavy atom. The molecule has 3 heterocycles. The molecule has 0 aliphatic carbocycles. The van der Waals surface area contributed by atoms with E-state index in [0.29, 0.717) is 41.8 Å². The molecular weight excluding hydrogens is 426 g/mol. The van der Waals surface area contributed by atoms with E-state index in [1.54, 1.807) is 6.07 Å². The molecule has 0 spiro atoms. The standard InChI is InChI=1S/C24H25N3O4S/c28-23-18(9-17-10-21-22(31-15-30-21)11-20(17)26-23)13-27(14-19-7-4-8-29-19)24(32)25-12-16-5-2-1-3-6-16/h1-3,5-6,9-11,19H,4,7-8,12-15H2,(H,25,32)(H,26,28)/t19-/m0/s1. The minimum absolute atomic E-state index is 0.111. The van der Waals surface area contributed by atoms with Crippen LogP contribution in [0.3, 0.4) is 0 Å². The molecule has 2 aliphatic rings. The van der Waals surface area contributed by atoms with Crippen molar-refractivity contribution in [3.63, 3.8) is 0 Å². The van der Waals surface area contributed by atoms with E-state index in [1.807, 2.05) is 35.2 Å². The lowest BCUT2D eigenvalue weighted by molar-refractivity contribution is 0.0896. The molecule has 166 valence electrons. The van der Waals surface area contributed by atoms with E-state index in [4.69, 9.17) is 26.4 Å². The van der Waals surface area contributed by atoms with Gasteiger partial charge in [-0.2, -0.15) is 0 Å². The average molecular weight is 452 g/mol. The quantitative estimate of drug-likeness (QED) is 0.557. The van der Waals surface area contributed by atoms with Crippen LogP contribution >= 0.6 is 12.2 Å². The summed E-state index contributed by atoms with van der Waals surface area (Å²) in [4.78, 5) is 17.9. The van der Waals surface area contributed by atoms with Gasteiger partial charge in [0.2, 0.25) is 6.79 Å². The lowest BCUT2D eigenvalue weighted by Gasteiger charge is -2.28. The van der Waals surface area contributed by atoms with Crippen molar-refractivity contribution in [2.45, 2.75) is 32.0 Å². The van der Waals surface area contributed by atoms with Gasteiger partial charge in [-0.1, -0.05) is 30.3 Å². The van der Waals surface area contributed by atoms with Gasteiger partial charge in [0, 0.05) is 36.7 Å². The number of nitrogens with one attached hydrogen (secondary N) is 2. The van der Waals surface area contributed by atoms with Crippen molar-refractivity contribution in [3.8, 4) is 11.5 Å². The molecule has 3 aromatic rings. The Labute approximate surface area is 191 Å². The van der Waals surface area contributed by atoms with Crippen LogP contribution in [0, 0.1) is 0 Å². The molecule has 7 nitrogen and oxygen atoms in total. The van der Waals surface area contributed by atoms with Crippen molar-refractivity contribution in [3.05, 3.63) is 70.0 Å². The second-order valence-corrected chi connectivity index (χ2v) is 8.46. The monoisotopic (exact) mass is 451 g/mol. The highest BCUT2D eigenvalue weighted by Crippen LogP contribution is 2.35. The zero-order valence-electron chi connectivity index (χ0n) is 17.6. The van der Waals surface area contributed by atoms with Crippen molar-refractivity contribution in [2.75, 3.05) is 19.9 Å². The third-order valence-corrected chi connectivity index (χ3v) is 6.20. The Morgan fingerprint density at radius 3 is 2.75 bits per heavy atom. The maximum atomic E-state index is 12.9. The first-order valence-electron chi connectivity index (χ1n) is 10.8. The van der Waals surface area contributed by atoms with Gasteiger partial charge in [-0.25, -0.2) is 0 Å². The average Bonchev–Trinajstić information content (AvgIpc) is 3.48. The summed E-state index contributed by atoms with van der Waals surface area (Å²) in [7, 11) is 0. The van der Waals surface area contributed by atoms with Crippen molar-refractivity contribution in [2.24, 2.45) is 0 Å². The number of thiocarbonyl (C=S) groups is 1. The van der Waals surface area contributed by atoms with E-state index >= 15 is 0 Å². The third kappa shape index (κ3) is 4.56. The van der Waals surface area contributed by atoms with E-state index < -0.39 is 0 Å². The lowest BCUT2D eigenvalue weighted by atomic mass is 10.1. The normalized spacial score (nSPS) is 16.9. The summed E-state index contributed by atoms with van der Waals surface area (Å²) >= 11 is 5.72. The molecule has 0 unspecified atom stereocenters. The van der Waals surface area contributed by atoms with E-state index in [9.17, 15) is 4.79 Å². The fraction of sp³-hybridized carbons (Fsp3) is 0.333. The van der Waals surface area contributed by atoms with Crippen molar-refractivity contribution in [1.29, 1.82) is 0 Å². The van der Waals surface area contributed by atoms with Crippen molar-refractivity contribution in [1.82, 2.24) is 15.2 Å². The molecule has 5 rings (SSSR count). The number of aromatic amines is 1.